The average Bonchev–Trinajstić information content (AvgIpc) is 3.32. The van der Waals surface area contributed by atoms with Gasteiger partial charge in [0.05, 0.1) is 31.0 Å². The second kappa shape index (κ2) is 8.86. The standard InChI is InChI=1S/C25H28N4O3/c1-16-7-5-6-8-21(16)15-28-13-14-29-24(28)22(18(3)27-29)23(30)26-17(2)19-9-11-20(12-10-19)25(31)32-4/h5-12,17H,13-15H2,1-4H3,(H,26,30)/t17-/m0/s1. The van der Waals surface area contributed by atoms with Crippen LogP contribution in [0, 0.1) is 13.8 Å². The molecule has 7 nitrogen and oxygen atoms in total. The first-order valence-electron chi connectivity index (χ1n) is 10.7. The summed E-state index contributed by atoms with van der Waals surface area (Å²) in [5, 5.41) is 7.70. The molecule has 3 aromatic rings. The van der Waals surface area contributed by atoms with E-state index in [9.17, 15) is 9.59 Å². The summed E-state index contributed by atoms with van der Waals surface area (Å²) in [6.07, 6.45) is 0. The number of aryl methyl sites for hydroxylation is 2. The lowest BCUT2D eigenvalue weighted by molar-refractivity contribution is 0.0600. The number of methoxy groups -OCH3 is 1. The molecule has 0 unspecified atom stereocenters. The van der Waals surface area contributed by atoms with Gasteiger partial charge in [-0.1, -0.05) is 36.4 Å². The van der Waals surface area contributed by atoms with Crippen LogP contribution in [-0.4, -0.2) is 35.3 Å². The molecule has 0 aliphatic carbocycles. The number of rotatable bonds is 6. The molecule has 1 amide bonds. The highest BCUT2D eigenvalue weighted by Gasteiger charge is 2.30. The number of carbonyl (C=O) groups is 2. The van der Waals surface area contributed by atoms with Crippen LogP contribution >= 0.6 is 0 Å². The molecule has 2 heterocycles. The van der Waals surface area contributed by atoms with Crippen molar-refractivity contribution < 1.29 is 14.3 Å². The maximum absolute atomic E-state index is 13.3. The zero-order chi connectivity index (χ0) is 22.8. The van der Waals surface area contributed by atoms with Gasteiger partial charge in [-0.2, -0.15) is 5.10 Å². The maximum atomic E-state index is 13.3. The minimum atomic E-state index is -0.381. The third-order valence-electron chi connectivity index (χ3n) is 6.01. The molecule has 0 saturated carbocycles. The largest absolute Gasteiger partial charge is 0.465 e. The maximum Gasteiger partial charge on any atom is 0.337 e. The van der Waals surface area contributed by atoms with Crippen molar-refractivity contribution in [2.75, 3.05) is 18.6 Å². The molecule has 4 rings (SSSR count). The van der Waals surface area contributed by atoms with Crippen molar-refractivity contribution in [3.05, 3.63) is 82.0 Å². The van der Waals surface area contributed by atoms with E-state index in [0.717, 1.165) is 36.7 Å². The van der Waals surface area contributed by atoms with Crippen LogP contribution in [0.15, 0.2) is 48.5 Å². The molecule has 1 atom stereocenters. The Morgan fingerprint density at radius 3 is 2.50 bits per heavy atom. The van der Waals surface area contributed by atoms with Gasteiger partial charge < -0.3 is 15.0 Å². The Labute approximate surface area is 188 Å². The number of carbonyl (C=O) groups excluding carboxylic acids is 2. The fourth-order valence-corrected chi connectivity index (χ4v) is 4.16. The van der Waals surface area contributed by atoms with E-state index in [0.29, 0.717) is 11.1 Å². The number of anilines is 1. The monoisotopic (exact) mass is 432 g/mol. The van der Waals surface area contributed by atoms with E-state index in [4.69, 9.17) is 4.74 Å². The molecule has 0 saturated heterocycles. The zero-order valence-electron chi connectivity index (χ0n) is 18.9. The number of nitrogens with zero attached hydrogens (tertiary/aromatic N) is 3. The number of benzene rings is 2. The van der Waals surface area contributed by atoms with Gasteiger partial charge in [0.2, 0.25) is 0 Å². The summed E-state index contributed by atoms with van der Waals surface area (Å²) in [5.74, 6) is 0.342. The molecule has 1 N–H and O–H groups in total. The number of fused-ring (bicyclic) bond motifs is 1. The second-order valence-corrected chi connectivity index (χ2v) is 8.16. The van der Waals surface area contributed by atoms with Crippen LogP contribution in [0.4, 0.5) is 5.82 Å². The Kier molecular flexibility index (Phi) is 5.99. The molecule has 0 fully saturated rings. The van der Waals surface area contributed by atoms with Gasteiger partial charge in [-0.25, -0.2) is 9.48 Å². The normalized spacial score (nSPS) is 13.6. The molecule has 1 aromatic heterocycles. The van der Waals surface area contributed by atoms with Crippen molar-refractivity contribution in [3.8, 4) is 0 Å². The van der Waals surface area contributed by atoms with Gasteiger partial charge in [-0.15, -0.1) is 0 Å². The molecular formula is C25H28N4O3. The molecule has 0 bridgehead atoms. The van der Waals surface area contributed by atoms with E-state index in [1.165, 1.54) is 18.2 Å². The molecular weight excluding hydrogens is 404 g/mol. The summed E-state index contributed by atoms with van der Waals surface area (Å²) in [7, 11) is 1.36. The Morgan fingerprint density at radius 1 is 1.09 bits per heavy atom. The Morgan fingerprint density at radius 2 is 1.81 bits per heavy atom. The number of amides is 1. The number of aromatic nitrogens is 2. The van der Waals surface area contributed by atoms with Gasteiger partial charge >= 0.3 is 5.97 Å². The minimum absolute atomic E-state index is 0.148. The van der Waals surface area contributed by atoms with Gasteiger partial charge in [0.25, 0.3) is 5.91 Å². The van der Waals surface area contributed by atoms with E-state index in [1.807, 2.05) is 42.8 Å². The first kappa shape index (κ1) is 21.6. The van der Waals surface area contributed by atoms with Crippen molar-refractivity contribution in [1.29, 1.82) is 0 Å². The molecule has 0 radical (unpaired) electrons. The second-order valence-electron chi connectivity index (χ2n) is 8.16. The zero-order valence-corrected chi connectivity index (χ0v) is 18.9. The van der Waals surface area contributed by atoms with E-state index in [2.05, 4.69) is 34.4 Å². The highest BCUT2D eigenvalue weighted by molar-refractivity contribution is 6.00. The molecule has 0 spiro atoms. The first-order chi connectivity index (χ1) is 15.4. The quantitative estimate of drug-likeness (QED) is 0.600. The number of esters is 1. The fraction of sp³-hybridized carbons (Fsp3) is 0.320. The Bertz CT molecular complexity index is 1150. The van der Waals surface area contributed by atoms with Crippen LogP contribution in [-0.2, 0) is 17.8 Å². The summed E-state index contributed by atoms with van der Waals surface area (Å²) in [6.45, 7) is 8.23. The highest BCUT2D eigenvalue weighted by atomic mass is 16.5. The first-order valence-corrected chi connectivity index (χ1v) is 10.7. The van der Waals surface area contributed by atoms with Crippen LogP contribution in [0.25, 0.3) is 0 Å². The minimum Gasteiger partial charge on any atom is -0.465 e. The van der Waals surface area contributed by atoms with Gasteiger partial charge in [0, 0.05) is 13.1 Å². The van der Waals surface area contributed by atoms with Crippen molar-refractivity contribution in [3.63, 3.8) is 0 Å². The van der Waals surface area contributed by atoms with Crippen LogP contribution in [0.1, 0.15) is 56.1 Å². The highest BCUT2D eigenvalue weighted by Crippen LogP contribution is 2.31. The van der Waals surface area contributed by atoms with Crippen LogP contribution in [0.3, 0.4) is 0 Å². The Hall–Kier alpha value is -3.61. The van der Waals surface area contributed by atoms with Gasteiger partial charge in [0.1, 0.15) is 11.4 Å². The lowest BCUT2D eigenvalue weighted by atomic mass is 10.1. The van der Waals surface area contributed by atoms with E-state index in [1.54, 1.807) is 12.1 Å². The van der Waals surface area contributed by atoms with Gasteiger partial charge in [0.15, 0.2) is 0 Å². The van der Waals surface area contributed by atoms with Crippen molar-refractivity contribution >= 4 is 17.7 Å². The molecule has 32 heavy (non-hydrogen) atoms. The summed E-state index contributed by atoms with van der Waals surface area (Å²) in [4.78, 5) is 27.2. The number of hydrogen-bond acceptors (Lipinski definition) is 5. The smallest absolute Gasteiger partial charge is 0.337 e. The van der Waals surface area contributed by atoms with E-state index < -0.39 is 0 Å². The van der Waals surface area contributed by atoms with Gasteiger partial charge in [-0.3, -0.25) is 4.79 Å². The van der Waals surface area contributed by atoms with Gasteiger partial charge in [-0.05, 0) is 49.6 Å². The molecule has 1 aliphatic rings. The summed E-state index contributed by atoms with van der Waals surface area (Å²) < 4.78 is 6.67. The van der Waals surface area contributed by atoms with Crippen LogP contribution < -0.4 is 10.2 Å². The average molecular weight is 433 g/mol. The van der Waals surface area contributed by atoms with Crippen molar-refractivity contribution in [2.24, 2.45) is 0 Å². The number of nitrogens with one attached hydrogen (secondary N) is 1. The topological polar surface area (TPSA) is 76.5 Å². The van der Waals surface area contributed by atoms with Crippen LogP contribution in [0.5, 0.6) is 0 Å². The molecule has 166 valence electrons. The van der Waals surface area contributed by atoms with E-state index >= 15 is 0 Å². The summed E-state index contributed by atoms with van der Waals surface area (Å²) >= 11 is 0. The lowest BCUT2D eigenvalue weighted by Gasteiger charge is -2.21. The third kappa shape index (κ3) is 4.10. The molecule has 1 aliphatic heterocycles. The predicted octanol–water partition coefficient (Wildman–Crippen LogP) is 3.80. The third-order valence-corrected chi connectivity index (χ3v) is 6.01. The molecule has 7 heteroatoms. The van der Waals surface area contributed by atoms with E-state index in [-0.39, 0.29) is 17.9 Å². The Balaban J connectivity index is 1.54. The van der Waals surface area contributed by atoms with Crippen LogP contribution in [0.2, 0.25) is 0 Å². The van der Waals surface area contributed by atoms with Crippen molar-refractivity contribution in [1.82, 2.24) is 15.1 Å². The molecule has 2 aromatic carbocycles. The number of hydrogen-bond donors (Lipinski definition) is 1. The predicted molar refractivity (Wildman–Crippen MR) is 123 cm³/mol. The lowest BCUT2D eigenvalue weighted by Crippen LogP contribution is -2.29. The number of ether oxygens (including phenoxy) is 1. The summed E-state index contributed by atoms with van der Waals surface area (Å²) in [5.41, 5.74) is 5.20. The van der Waals surface area contributed by atoms with Crippen molar-refractivity contribution in [2.45, 2.75) is 39.9 Å². The fourth-order valence-electron chi connectivity index (χ4n) is 4.16. The summed E-state index contributed by atoms with van der Waals surface area (Å²) in [6, 6.07) is 15.2. The SMILES string of the molecule is COC(=O)c1ccc([C@H](C)NC(=O)c2c(C)nn3c2N(Cc2ccccc2C)CC3)cc1.